The van der Waals surface area contributed by atoms with Crippen LogP contribution in [0.3, 0.4) is 0 Å². The summed E-state index contributed by atoms with van der Waals surface area (Å²) in [5.41, 5.74) is -0.880. The number of hydrogen-bond acceptors (Lipinski definition) is 8. The van der Waals surface area contributed by atoms with E-state index < -0.39 is 32.4 Å². The summed E-state index contributed by atoms with van der Waals surface area (Å²) in [6.07, 6.45) is 1.74. The van der Waals surface area contributed by atoms with Crippen molar-refractivity contribution in [3.63, 3.8) is 0 Å². The third-order valence-corrected chi connectivity index (χ3v) is 7.42. The van der Waals surface area contributed by atoms with Gasteiger partial charge in [-0.15, -0.1) is 0 Å². The number of nitrogens with zero attached hydrogens (tertiary/aromatic N) is 3. The van der Waals surface area contributed by atoms with E-state index in [1.165, 1.54) is 37.6 Å². The van der Waals surface area contributed by atoms with E-state index in [1.54, 1.807) is 25.1 Å². The fourth-order valence-electron chi connectivity index (χ4n) is 3.05. The number of aromatic nitrogens is 1. The number of nitro groups is 1. The van der Waals surface area contributed by atoms with Crippen LogP contribution in [0.4, 0.5) is 15.8 Å². The first kappa shape index (κ1) is 25.1. The van der Waals surface area contributed by atoms with Gasteiger partial charge in [0.05, 0.1) is 28.4 Å². The molecule has 9 nitrogen and oxygen atoms in total. The number of halogens is 1. The molecule has 2 aromatic carbocycles. The number of nitro benzene ring substituents is 1. The lowest BCUT2D eigenvalue weighted by molar-refractivity contribution is -0.387. The average Bonchev–Trinajstić information content (AvgIpc) is 2.80. The van der Waals surface area contributed by atoms with Crippen LogP contribution in [-0.4, -0.2) is 37.1 Å². The molecule has 3 aromatic rings. The molecule has 0 N–H and O–H groups in total. The van der Waals surface area contributed by atoms with E-state index in [4.69, 9.17) is 4.74 Å². The Kier molecular flexibility index (Phi) is 7.84. The van der Waals surface area contributed by atoms with Crippen molar-refractivity contribution in [3.05, 3.63) is 82.3 Å². The van der Waals surface area contributed by atoms with Crippen molar-refractivity contribution in [2.45, 2.75) is 23.3 Å². The molecule has 12 heteroatoms. The highest BCUT2D eigenvalue weighted by Gasteiger charge is 2.31. The van der Waals surface area contributed by atoms with Crippen molar-refractivity contribution in [2.75, 3.05) is 17.2 Å². The number of ether oxygens (including phenoxy) is 1. The van der Waals surface area contributed by atoms with E-state index >= 15 is 0 Å². The molecule has 0 saturated heterocycles. The number of benzene rings is 2. The first-order valence-corrected chi connectivity index (χ1v) is 12.4. The third kappa shape index (κ3) is 5.51. The predicted molar refractivity (Wildman–Crippen MR) is 125 cm³/mol. The van der Waals surface area contributed by atoms with Crippen LogP contribution in [0.15, 0.2) is 70.7 Å². The lowest BCUT2D eigenvalue weighted by Crippen LogP contribution is -2.38. The van der Waals surface area contributed by atoms with Gasteiger partial charge >= 0.3 is 0 Å². The first-order chi connectivity index (χ1) is 16.2. The van der Waals surface area contributed by atoms with Gasteiger partial charge in [0.15, 0.2) is 11.6 Å². The Balaban J connectivity index is 2.07. The van der Waals surface area contributed by atoms with Crippen molar-refractivity contribution in [3.8, 4) is 5.75 Å². The molecule has 0 fully saturated rings. The van der Waals surface area contributed by atoms with Gasteiger partial charge in [0.2, 0.25) is 10.0 Å². The molecule has 0 saturated carbocycles. The molecule has 0 spiro atoms. The quantitative estimate of drug-likeness (QED) is 0.304. The molecule has 0 atom stereocenters. The number of rotatable bonds is 9. The standard InChI is InChI=1S/C22H20FN3O6S2/c1-3-12-34(30,31)25(16-8-9-19(32-2)17(23)14-16)22(27)15-7-10-20(18(13-15)26(28)29)33-21-6-4-5-11-24-21/h4-11,13-14H,3,12H2,1-2H3. The molecule has 1 aromatic heterocycles. The second-order valence-electron chi connectivity index (χ2n) is 6.91. The third-order valence-electron chi connectivity index (χ3n) is 4.55. The number of methoxy groups -OCH3 is 1. The van der Waals surface area contributed by atoms with Gasteiger partial charge in [-0.05, 0) is 42.8 Å². The molecule has 0 aliphatic rings. The van der Waals surface area contributed by atoms with Crippen LogP contribution in [0.25, 0.3) is 0 Å². The SMILES string of the molecule is CCCS(=O)(=O)N(C(=O)c1ccc(Sc2ccccn2)c([N+](=O)[O-])c1)c1ccc(OC)c(F)c1. The fourth-order valence-corrected chi connectivity index (χ4v) is 5.40. The number of anilines is 1. The summed E-state index contributed by atoms with van der Waals surface area (Å²) in [6, 6.07) is 12.0. The maximum Gasteiger partial charge on any atom is 0.284 e. The molecule has 0 radical (unpaired) electrons. The summed E-state index contributed by atoms with van der Waals surface area (Å²) < 4.78 is 45.5. The highest BCUT2D eigenvalue weighted by atomic mass is 32.2. The average molecular weight is 506 g/mol. The minimum Gasteiger partial charge on any atom is -0.494 e. The Bertz CT molecular complexity index is 1320. The lowest BCUT2D eigenvalue weighted by atomic mass is 10.2. The molecule has 0 unspecified atom stereocenters. The Hall–Kier alpha value is -3.51. The molecular weight excluding hydrogens is 485 g/mol. The maximum absolute atomic E-state index is 14.3. The van der Waals surface area contributed by atoms with Crippen LogP contribution in [0, 0.1) is 15.9 Å². The van der Waals surface area contributed by atoms with E-state index in [1.807, 2.05) is 0 Å². The van der Waals surface area contributed by atoms with Gasteiger partial charge in [-0.1, -0.05) is 24.8 Å². The highest BCUT2D eigenvalue weighted by Crippen LogP contribution is 2.35. The normalized spacial score (nSPS) is 11.1. The minimum absolute atomic E-state index is 0.129. The van der Waals surface area contributed by atoms with Gasteiger partial charge in [0.1, 0.15) is 5.03 Å². The van der Waals surface area contributed by atoms with Crippen LogP contribution in [0.5, 0.6) is 5.75 Å². The summed E-state index contributed by atoms with van der Waals surface area (Å²) in [6.45, 7) is 1.61. The lowest BCUT2D eigenvalue weighted by Gasteiger charge is -2.23. The zero-order valence-corrected chi connectivity index (χ0v) is 19.8. The Labute approximate surface area is 199 Å². The number of amides is 1. The number of pyridine rings is 1. The number of carbonyl (C=O) groups is 1. The highest BCUT2D eigenvalue weighted by molar-refractivity contribution is 7.99. The molecule has 1 heterocycles. The zero-order valence-electron chi connectivity index (χ0n) is 18.2. The van der Waals surface area contributed by atoms with E-state index in [0.717, 1.165) is 23.9 Å². The van der Waals surface area contributed by atoms with Gasteiger partial charge in [-0.3, -0.25) is 14.9 Å². The second-order valence-corrected chi connectivity index (χ2v) is 9.91. The second kappa shape index (κ2) is 10.6. The predicted octanol–water partition coefficient (Wildman–Crippen LogP) is 4.68. The van der Waals surface area contributed by atoms with Crippen LogP contribution in [0.2, 0.25) is 0 Å². The van der Waals surface area contributed by atoms with Crippen molar-refractivity contribution < 1.29 is 27.3 Å². The molecule has 34 heavy (non-hydrogen) atoms. The van der Waals surface area contributed by atoms with E-state index in [0.29, 0.717) is 9.33 Å². The van der Waals surface area contributed by atoms with Crippen LogP contribution in [0.1, 0.15) is 23.7 Å². The van der Waals surface area contributed by atoms with Crippen molar-refractivity contribution in [2.24, 2.45) is 0 Å². The molecule has 178 valence electrons. The summed E-state index contributed by atoms with van der Waals surface area (Å²) in [5, 5.41) is 12.2. The molecule has 0 aliphatic heterocycles. The van der Waals surface area contributed by atoms with Crippen molar-refractivity contribution >= 4 is 39.1 Å². The Morgan fingerprint density at radius 3 is 2.56 bits per heavy atom. The van der Waals surface area contributed by atoms with E-state index in [2.05, 4.69) is 4.98 Å². The topological polar surface area (TPSA) is 120 Å². The van der Waals surface area contributed by atoms with Gasteiger partial charge in [0.25, 0.3) is 11.6 Å². The summed E-state index contributed by atoms with van der Waals surface area (Å²) in [4.78, 5) is 28.7. The molecule has 0 aliphatic carbocycles. The summed E-state index contributed by atoms with van der Waals surface area (Å²) >= 11 is 1.03. The van der Waals surface area contributed by atoms with Crippen molar-refractivity contribution in [1.82, 2.24) is 4.98 Å². The van der Waals surface area contributed by atoms with Crippen LogP contribution in [-0.2, 0) is 10.0 Å². The maximum atomic E-state index is 14.3. The number of hydrogen-bond donors (Lipinski definition) is 0. The van der Waals surface area contributed by atoms with Gasteiger partial charge in [0, 0.05) is 23.9 Å². The number of carbonyl (C=O) groups excluding carboxylic acids is 1. The summed E-state index contributed by atoms with van der Waals surface area (Å²) in [5.74, 6) is -2.43. The monoisotopic (exact) mass is 505 g/mol. The van der Waals surface area contributed by atoms with E-state index in [-0.39, 0.29) is 34.1 Å². The molecule has 3 rings (SSSR count). The minimum atomic E-state index is -4.21. The number of sulfonamides is 1. The Morgan fingerprint density at radius 1 is 1.21 bits per heavy atom. The van der Waals surface area contributed by atoms with Gasteiger partial charge in [-0.25, -0.2) is 22.1 Å². The molecule has 0 bridgehead atoms. The smallest absolute Gasteiger partial charge is 0.284 e. The zero-order chi connectivity index (χ0) is 24.9. The van der Waals surface area contributed by atoms with Crippen LogP contribution >= 0.6 is 11.8 Å². The van der Waals surface area contributed by atoms with Crippen LogP contribution < -0.4 is 9.04 Å². The fraction of sp³-hybridized carbons (Fsp3) is 0.182. The first-order valence-electron chi connectivity index (χ1n) is 9.96. The van der Waals surface area contributed by atoms with E-state index in [9.17, 15) is 27.7 Å². The van der Waals surface area contributed by atoms with Crippen molar-refractivity contribution in [1.29, 1.82) is 0 Å². The van der Waals surface area contributed by atoms with Gasteiger partial charge < -0.3 is 4.74 Å². The molecular formula is C22H20FN3O6S2. The summed E-state index contributed by atoms with van der Waals surface area (Å²) in [7, 11) is -2.96. The molecule has 1 amide bonds. The van der Waals surface area contributed by atoms with Gasteiger partial charge in [-0.2, -0.15) is 0 Å². The largest absolute Gasteiger partial charge is 0.494 e. The Morgan fingerprint density at radius 2 is 1.97 bits per heavy atom.